The number of rotatable bonds is 5. The van der Waals surface area contributed by atoms with Crippen LogP contribution in [0.3, 0.4) is 0 Å². The van der Waals surface area contributed by atoms with Gasteiger partial charge in [0.1, 0.15) is 17.7 Å². The monoisotopic (exact) mass is 453 g/mol. The third kappa shape index (κ3) is 3.99. The maximum absolute atomic E-state index is 14.4. The van der Waals surface area contributed by atoms with Gasteiger partial charge < -0.3 is 10.2 Å². The van der Waals surface area contributed by atoms with Gasteiger partial charge in [-0.1, -0.05) is 6.07 Å². The predicted molar refractivity (Wildman–Crippen MR) is 112 cm³/mol. The molecular weight excluding hydrogens is 432 g/mol. The van der Waals surface area contributed by atoms with E-state index in [1.54, 1.807) is 12.1 Å². The highest BCUT2D eigenvalue weighted by Gasteiger charge is 2.40. The maximum atomic E-state index is 14.4. The lowest BCUT2D eigenvalue weighted by atomic mass is 10.00. The molecule has 0 bridgehead atoms. The standard InChI is InChI=1S/C24H21F2N3O4/c25-15-4-6-17(18(26)10-15)21(12-1-2-12)28-22(31)13-3-5-16-14(9-13)11-29(24(16)33)19-7-8-20(30)27-23(19)32/h3-6,9-10,12,19,21H,1-2,7-8,11H2,(H,28,31)(H,27,30,32). The normalized spacial score (nSPS) is 21.0. The SMILES string of the molecule is O=C1CCC(N2Cc3cc(C(=O)NC(c4ccc(F)cc4F)C4CC4)ccc3C2=O)C(=O)N1. The van der Waals surface area contributed by atoms with Gasteiger partial charge in [0.25, 0.3) is 11.8 Å². The molecule has 2 unspecified atom stereocenters. The van der Waals surface area contributed by atoms with E-state index < -0.39 is 35.5 Å². The third-order valence-electron chi connectivity index (χ3n) is 6.46. The Hall–Kier alpha value is -3.62. The van der Waals surface area contributed by atoms with E-state index in [-0.39, 0.29) is 42.7 Å². The van der Waals surface area contributed by atoms with Crippen molar-refractivity contribution < 1.29 is 28.0 Å². The lowest BCUT2D eigenvalue weighted by Crippen LogP contribution is -2.52. The molecule has 7 nitrogen and oxygen atoms in total. The summed E-state index contributed by atoms with van der Waals surface area (Å²) in [4.78, 5) is 50.8. The van der Waals surface area contributed by atoms with Crippen molar-refractivity contribution in [3.63, 3.8) is 0 Å². The zero-order chi connectivity index (χ0) is 23.3. The predicted octanol–water partition coefficient (Wildman–Crippen LogP) is 2.61. The van der Waals surface area contributed by atoms with Crippen LogP contribution in [0.1, 0.15) is 63.6 Å². The number of carbonyl (C=O) groups is 4. The molecule has 2 N–H and O–H groups in total. The first kappa shape index (κ1) is 21.2. The molecular formula is C24H21F2N3O4. The molecule has 1 saturated carbocycles. The van der Waals surface area contributed by atoms with Crippen molar-refractivity contribution in [2.45, 2.75) is 44.3 Å². The zero-order valence-corrected chi connectivity index (χ0v) is 17.6. The topological polar surface area (TPSA) is 95.6 Å². The first-order valence-electron chi connectivity index (χ1n) is 10.8. The van der Waals surface area contributed by atoms with E-state index >= 15 is 0 Å². The van der Waals surface area contributed by atoms with Gasteiger partial charge in [-0.2, -0.15) is 0 Å². The van der Waals surface area contributed by atoms with Crippen LogP contribution in [0.5, 0.6) is 0 Å². The number of fused-ring (bicyclic) bond motifs is 1. The molecule has 3 aliphatic rings. The number of hydrogen-bond acceptors (Lipinski definition) is 4. The highest BCUT2D eigenvalue weighted by atomic mass is 19.1. The quantitative estimate of drug-likeness (QED) is 0.681. The van der Waals surface area contributed by atoms with Gasteiger partial charge in [-0.15, -0.1) is 0 Å². The van der Waals surface area contributed by atoms with Gasteiger partial charge in [0, 0.05) is 35.7 Å². The van der Waals surface area contributed by atoms with E-state index in [0.717, 1.165) is 18.9 Å². The van der Waals surface area contributed by atoms with Crippen LogP contribution < -0.4 is 10.6 Å². The number of benzene rings is 2. The van der Waals surface area contributed by atoms with E-state index in [4.69, 9.17) is 0 Å². The fourth-order valence-corrected chi connectivity index (χ4v) is 4.57. The van der Waals surface area contributed by atoms with Crippen molar-refractivity contribution in [2.75, 3.05) is 0 Å². The summed E-state index contributed by atoms with van der Waals surface area (Å²) in [6.07, 6.45) is 2.08. The van der Waals surface area contributed by atoms with Crippen molar-refractivity contribution >= 4 is 23.6 Å². The number of nitrogens with one attached hydrogen (secondary N) is 2. The second-order valence-electron chi connectivity index (χ2n) is 8.73. The average molecular weight is 453 g/mol. The molecule has 2 fully saturated rings. The van der Waals surface area contributed by atoms with Crippen LogP contribution in [0.15, 0.2) is 36.4 Å². The molecule has 1 aliphatic carbocycles. The molecule has 0 aromatic heterocycles. The number of halogens is 2. The molecule has 2 heterocycles. The highest BCUT2D eigenvalue weighted by Crippen LogP contribution is 2.42. The second-order valence-corrected chi connectivity index (χ2v) is 8.73. The van der Waals surface area contributed by atoms with Gasteiger partial charge in [0.05, 0.1) is 6.04 Å². The minimum Gasteiger partial charge on any atom is -0.345 e. The first-order valence-corrected chi connectivity index (χ1v) is 10.8. The summed E-state index contributed by atoms with van der Waals surface area (Å²) in [5.74, 6) is -2.91. The molecule has 1 saturated heterocycles. The number of imide groups is 1. The van der Waals surface area contributed by atoms with Crippen LogP contribution in [0.2, 0.25) is 0 Å². The summed E-state index contributed by atoms with van der Waals surface area (Å²) in [6, 6.07) is 6.68. The molecule has 33 heavy (non-hydrogen) atoms. The van der Waals surface area contributed by atoms with Gasteiger partial charge in [0.15, 0.2) is 0 Å². The van der Waals surface area contributed by atoms with Gasteiger partial charge in [-0.3, -0.25) is 24.5 Å². The summed E-state index contributed by atoms with van der Waals surface area (Å²) < 4.78 is 27.7. The Morgan fingerprint density at radius 2 is 1.85 bits per heavy atom. The van der Waals surface area contributed by atoms with E-state index in [1.165, 1.54) is 23.1 Å². The van der Waals surface area contributed by atoms with E-state index in [9.17, 15) is 28.0 Å². The van der Waals surface area contributed by atoms with Crippen molar-refractivity contribution in [1.82, 2.24) is 15.5 Å². The minimum absolute atomic E-state index is 0.0768. The van der Waals surface area contributed by atoms with E-state index in [0.29, 0.717) is 16.7 Å². The molecule has 0 spiro atoms. The lowest BCUT2D eigenvalue weighted by molar-refractivity contribution is -0.136. The fraction of sp³-hybridized carbons (Fsp3) is 0.333. The number of piperidine rings is 1. The smallest absolute Gasteiger partial charge is 0.255 e. The molecule has 2 atom stereocenters. The number of amides is 4. The van der Waals surface area contributed by atoms with Crippen LogP contribution in [0.4, 0.5) is 8.78 Å². The molecule has 2 aliphatic heterocycles. The summed E-state index contributed by atoms with van der Waals surface area (Å²) in [5, 5.41) is 5.11. The minimum atomic E-state index is -0.736. The average Bonchev–Trinajstić information content (AvgIpc) is 3.56. The Labute approximate surface area is 188 Å². The maximum Gasteiger partial charge on any atom is 0.255 e. The molecule has 9 heteroatoms. The van der Waals surface area contributed by atoms with Gasteiger partial charge in [-0.05, 0) is 55.0 Å². The summed E-state index contributed by atoms with van der Waals surface area (Å²) in [6.45, 7) is 0.153. The Morgan fingerprint density at radius 3 is 2.55 bits per heavy atom. The lowest BCUT2D eigenvalue weighted by Gasteiger charge is -2.29. The Bertz CT molecular complexity index is 1190. The van der Waals surface area contributed by atoms with Crippen molar-refractivity contribution in [2.24, 2.45) is 5.92 Å². The number of carbonyl (C=O) groups excluding carboxylic acids is 4. The van der Waals surface area contributed by atoms with Crippen LogP contribution in [-0.4, -0.2) is 34.6 Å². The van der Waals surface area contributed by atoms with Gasteiger partial charge in [0.2, 0.25) is 11.8 Å². The van der Waals surface area contributed by atoms with Gasteiger partial charge in [-0.25, -0.2) is 8.78 Å². The van der Waals surface area contributed by atoms with Crippen molar-refractivity contribution in [1.29, 1.82) is 0 Å². The summed E-state index contributed by atoms with van der Waals surface area (Å²) >= 11 is 0. The fourth-order valence-electron chi connectivity index (χ4n) is 4.57. The van der Waals surface area contributed by atoms with E-state index in [2.05, 4.69) is 10.6 Å². The first-order chi connectivity index (χ1) is 15.8. The Kier molecular flexibility index (Phi) is 5.19. The number of nitrogens with zero attached hydrogens (tertiary/aromatic N) is 1. The van der Waals surface area contributed by atoms with Crippen molar-refractivity contribution in [3.8, 4) is 0 Å². The second kappa shape index (κ2) is 8.06. The molecule has 0 radical (unpaired) electrons. The molecule has 5 rings (SSSR count). The Balaban J connectivity index is 1.34. The molecule has 4 amide bonds. The summed E-state index contributed by atoms with van der Waals surface area (Å²) in [5.41, 5.74) is 1.56. The van der Waals surface area contributed by atoms with Crippen LogP contribution in [0, 0.1) is 17.6 Å². The highest BCUT2D eigenvalue weighted by molar-refractivity contribution is 6.06. The van der Waals surface area contributed by atoms with Crippen LogP contribution >= 0.6 is 0 Å². The molecule has 2 aromatic rings. The molecule has 170 valence electrons. The van der Waals surface area contributed by atoms with Crippen molar-refractivity contribution in [3.05, 3.63) is 70.3 Å². The van der Waals surface area contributed by atoms with Crippen LogP contribution in [0.25, 0.3) is 0 Å². The largest absolute Gasteiger partial charge is 0.345 e. The van der Waals surface area contributed by atoms with Gasteiger partial charge >= 0.3 is 0 Å². The van der Waals surface area contributed by atoms with Crippen LogP contribution in [-0.2, 0) is 16.1 Å². The van der Waals surface area contributed by atoms with E-state index in [1.807, 2.05) is 0 Å². The molecule has 2 aromatic carbocycles. The summed E-state index contributed by atoms with van der Waals surface area (Å²) in [7, 11) is 0. The zero-order valence-electron chi connectivity index (χ0n) is 17.6. The third-order valence-corrected chi connectivity index (χ3v) is 6.46. The Morgan fingerprint density at radius 1 is 1.06 bits per heavy atom. The number of hydrogen-bond donors (Lipinski definition) is 2.